The summed E-state index contributed by atoms with van der Waals surface area (Å²) in [6.45, 7) is 3.94. The Morgan fingerprint density at radius 2 is 2.07 bits per heavy atom. The molecule has 15 heavy (non-hydrogen) atoms. The van der Waals surface area contributed by atoms with Crippen molar-refractivity contribution in [3.05, 3.63) is 35.1 Å². The van der Waals surface area contributed by atoms with Crippen LogP contribution in [0.15, 0.2) is 18.2 Å². The minimum atomic E-state index is -0.209. The van der Waals surface area contributed by atoms with Crippen LogP contribution >= 0.6 is 0 Å². The summed E-state index contributed by atoms with van der Waals surface area (Å²) in [7, 11) is 3.51. The van der Waals surface area contributed by atoms with Gasteiger partial charge in [0.1, 0.15) is 5.82 Å². The highest BCUT2D eigenvalue weighted by molar-refractivity contribution is 5.30. The quantitative estimate of drug-likeness (QED) is 0.826. The zero-order valence-corrected chi connectivity index (χ0v) is 9.67. The maximum absolute atomic E-state index is 13.1. The summed E-state index contributed by atoms with van der Waals surface area (Å²) in [5.74, 6) is -0.209. The van der Waals surface area contributed by atoms with Crippen LogP contribution in [0, 0.1) is 12.7 Å². The fraction of sp³-hybridized carbons (Fsp3) is 0.500. The lowest BCUT2D eigenvalue weighted by molar-refractivity contribution is 0.0854. The van der Waals surface area contributed by atoms with E-state index >= 15 is 0 Å². The van der Waals surface area contributed by atoms with E-state index in [0.29, 0.717) is 0 Å². The van der Waals surface area contributed by atoms with Crippen LogP contribution in [0.2, 0.25) is 0 Å². The fourth-order valence-electron chi connectivity index (χ4n) is 1.73. The first-order valence-corrected chi connectivity index (χ1v) is 5.06. The highest BCUT2D eigenvalue weighted by Gasteiger charge is 2.19. The van der Waals surface area contributed by atoms with Crippen LogP contribution < -0.4 is 5.32 Å². The van der Waals surface area contributed by atoms with E-state index in [-0.39, 0.29) is 18.0 Å². The first-order valence-electron chi connectivity index (χ1n) is 5.06. The Balaban J connectivity index is 3.05. The van der Waals surface area contributed by atoms with Crippen LogP contribution in [0.1, 0.15) is 24.1 Å². The first-order chi connectivity index (χ1) is 7.10. The lowest BCUT2D eigenvalue weighted by Crippen LogP contribution is -2.29. The Kier molecular flexibility index (Phi) is 4.24. The van der Waals surface area contributed by atoms with E-state index in [2.05, 4.69) is 5.32 Å². The van der Waals surface area contributed by atoms with Crippen molar-refractivity contribution in [1.82, 2.24) is 5.32 Å². The summed E-state index contributed by atoms with van der Waals surface area (Å²) in [6, 6.07) is 4.84. The van der Waals surface area contributed by atoms with Crippen LogP contribution in [-0.2, 0) is 4.74 Å². The Labute approximate surface area is 90.4 Å². The molecule has 0 radical (unpaired) electrons. The number of benzene rings is 1. The second kappa shape index (κ2) is 5.24. The van der Waals surface area contributed by atoms with Crippen LogP contribution in [0.25, 0.3) is 0 Å². The molecule has 2 nitrogen and oxygen atoms in total. The van der Waals surface area contributed by atoms with E-state index in [0.717, 1.165) is 11.1 Å². The standard InChI is InChI=1S/C12H18FNO/c1-8-5-6-10(13)7-11(8)12(14-3)9(2)15-4/h5-7,9,12,14H,1-4H3. The molecule has 0 aliphatic rings. The van der Waals surface area contributed by atoms with Gasteiger partial charge < -0.3 is 10.1 Å². The Morgan fingerprint density at radius 3 is 2.60 bits per heavy atom. The average Bonchev–Trinajstić information content (AvgIpc) is 2.23. The van der Waals surface area contributed by atoms with E-state index in [1.165, 1.54) is 6.07 Å². The predicted octanol–water partition coefficient (Wildman–Crippen LogP) is 2.43. The topological polar surface area (TPSA) is 21.3 Å². The van der Waals surface area contributed by atoms with E-state index in [4.69, 9.17) is 4.74 Å². The smallest absolute Gasteiger partial charge is 0.123 e. The third-order valence-corrected chi connectivity index (χ3v) is 2.73. The lowest BCUT2D eigenvalue weighted by atomic mass is 9.97. The number of aryl methyl sites for hydroxylation is 1. The van der Waals surface area contributed by atoms with Gasteiger partial charge in [-0.05, 0) is 44.2 Å². The second-order valence-electron chi connectivity index (χ2n) is 3.71. The van der Waals surface area contributed by atoms with Gasteiger partial charge in [0.25, 0.3) is 0 Å². The Hall–Kier alpha value is -0.930. The predicted molar refractivity (Wildman–Crippen MR) is 59.4 cm³/mol. The number of ether oxygens (including phenoxy) is 1. The number of hydrogen-bond acceptors (Lipinski definition) is 2. The van der Waals surface area contributed by atoms with Crippen molar-refractivity contribution >= 4 is 0 Å². The van der Waals surface area contributed by atoms with E-state index in [9.17, 15) is 4.39 Å². The number of likely N-dealkylation sites (N-methyl/N-ethyl adjacent to an activating group) is 1. The van der Waals surface area contributed by atoms with E-state index in [1.54, 1.807) is 19.2 Å². The zero-order chi connectivity index (χ0) is 11.4. The van der Waals surface area contributed by atoms with Gasteiger partial charge in [-0.3, -0.25) is 0 Å². The SMILES string of the molecule is CNC(c1cc(F)ccc1C)C(C)OC. The molecule has 0 aromatic heterocycles. The molecule has 0 spiro atoms. The monoisotopic (exact) mass is 211 g/mol. The zero-order valence-electron chi connectivity index (χ0n) is 9.67. The number of halogens is 1. The molecule has 0 heterocycles. The second-order valence-corrected chi connectivity index (χ2v) is 3.71. The number of hydrogen-bond donors (Lipinski definition) is 1. The van der Waals surface area contributed by atoms with Gasteiger partial charge in [0.05, 0.1) is 12.1 Å². The molecule has 0 aliphatic heterocycles. The molecule has 0 fully saturated rings. The fourth-order valence-corrected chi connectivity index (χ4v) is 1.73. The van der Waals surface area contributed by atoms with E-state index in [1.807, 2.05) is 20.9 Å². The lowest BCUT2D eigenvalue weighted by Gasteiger charge is -2.24. The molecule has 0 amide bonds. The highest BCUT2D eigenvalue weighted by Crippen LogP contribution is 2.22. The molecule has 1 aromatic carbocycles. The molecule has 1 aromatic rings. The molecule has 3 heteroatoms. The molecule has 2 atom stereocenters. The molecule has 0 bridgehead atoms. The third kappa shape index (κ3) is 2.76. The molecule has 1 rings (SSSR count). The summed E-state index contributed by atoms with van der Waals surface area (Å²) < 4.78 is 18.4. The van der Waals surface area contributed by atoms with Crippen molar-refractivity contribution in [1.29, 1.82) is 0 Å². The Morgan fingerprint density at radius 1 is 1.40 bits per heavy atom. The molecular weight excluding hydrogens is 193 g/mol. The molecule has 2 unspecified atom stereocenters. The first kappa shape index (κ1) is 12.1. The Bertz CT molecular complexity index is 327. The van der Waals surface area contributed by atoms with Gasteiger partial charge in [-0.2, -0.15) is 0 Å². The van der Waals surface area contributed by atoms with Gasteiger partial charge in [0.2, 0.25) is 0 Å². The highest BCUT2D eigenvalue weighted by atomic mass is 19.1. The van der Waals surface area contributed by atoms with Crippen molar-refractivity contribution < 1.29 is 9.13 Å². The van der Waals surface area contributed by atoms with Crippen LogP contribution in [0.4, 0.5) is 4.39 Å². The molecule has 84 valence electrons. The van der Waals surface area contributed by atoms with Crippen LogP contribution in [0.3, 0.4) is 0 Å². The van der Waals surface area contributed by atoms with Gasteiger partial charge in [-0.15, -0.1) is 0 Å². The van der Waals surface area contributed by atoms with Crippen molar-refractivity contribution in [2.24, 2.45) is 0 Å². The maximum Gasteiger partial charge on any atom is 0.123 e. The third-order valence-electron chi connectivity index (χ3n) is 2.73. The molecule has 1 N–H and O–H groups in total. The van der Waals surface area contributed by atoms with Crippen LogP contribution in [0.5, 0.6) is 0 Å². The van der Waals surface area contributed by atoms with Gasteiger partial charge in [0, 0.05) is 7.11 Å². The average molecular weight is 211 g/mol. The van der Waals surface area contributed by atoms with Gasteiger partial charge >= 0.3 is 0 Å². The van der Waals surface area contributed by atoms with Crippen molar-refractivity contribution in [2.45, 2.75) is 26.0 Å². The molecular formula is C12H18FNO. The summed E-state index contributed by atoms with van der Waals surface area (Å²) in [5.41, 5.74) is 2.02. The van der Waals surface area contributed by atoms with Crippen LogP contribution in [-0.4, -0.2) is 20.3 Å². The summed E-state index contributed by atoms with van der Waals surface area (Å²) in [5, 5.41) is 3.15. The maximum atomic E-state index is 13.1. The summed E-state index contributed by atoms with van der Waals surface area (Å²) in [4.78, 5) is 0. The van der Waals surface area contributed by atoms with E-state index < -0.39 is 0 Å². The molecule has 0 saturated heterocycles. The van der Waals surface area contributed by atoms with Crippen molar-refractivity contribution in [2.75, 3.05) is 14.2 Å². The summed E-state index contributed by atoms with van der Waals surface area (Å²) in [6.07, 6.45) is 0.00972. The normalized spacial score (nSPS) is 15.0. The number of nitrogens with one attached hydrogen (secondary N) is 1. The summed E-state index contributed by atoms with van der Waals surface area (Å²) >= 11 is 0. The minimum Gasteiger partial charge on any atom is -0.380 e. The molecule has 0 saturated carbocycles. The van der Waals surface area contributed by atoms with Crippen molar-refractivity contribution in [3.8, 4) is 0 Å². The minimum absolute atomic E-state index is 0.00972. The van der Waals surface area contributed by atoms with Gasteiger partial charge in [0.15, 0.2) is 0 Å². The van der Waals surface area contributed by atoms with Crippen molar-refractivity contribution in [3.63, 3.8) is 0 Å². The largest absolute Gasteiger partial charge is 0.380 e. The van der Waals surface area contributed by atoms with Gasteiger partial charge in [-0.25, -0.2) is 4.39 Å². The number of rotatable bonds is 4. The number of methoxy groups -OCH3 is 1. The molecule has 0 aliphatic carbocycles. The van der Waals surface area contributed by atoms with Gasteiger partial charge in [-0.1, -0.05) is 6.07 Å².